The SMILES string of the molecule is O=C(CSc1ncc(-c2ccc(F)cc2)[nH]1)Nc1ccc(CN2CCOCC2)cc1. The molecule has 3 aromatic rings. The monoisotopic (exact) mass is 426 g/mol. The molecular formula is C22H23FN4O2S. The van der Waals surface area contributed by atoms with Gasteiger partial charge in [0.15, 0.2) is 5.16 Å². The largest absolute Gasteiger partial charge is 0.379 e. The Bertz CT molecular complexity index is 970. The molecule has 2 aromatic carbocycles. The van der Waals surface area contributed by atoms with E-state index in [1.807, 2.05) is 24.3 Å². The van der Waals surface area contributed by atoms with Crippen LogP contribution >= 0.6 is 11.8 Å². The molecule has 0 atom stereocenters. The molecule has 8 heteroatoms. The molecule has 0 bridgehead atoms. The van der Waals surface area contributed by atoms with Crippen molar-refractivity contribution < 1.29 is 13.9 Å². The number of hydrogen-bond acceptors (Lipinski definition) is 5. The van der Waals surface area contributed by atoms with Crippen molar-refractivity contribution in [3.8, 4) is 11.3 Å². The molecule has 30 heavy (non-hydrogen) atoms. The summed E-state index contributed by atoms with van der Waals surface area (Å²) in [6.45, 7) is 4.36. The Balaban J connectivity index is 1.25. The van der Waals surface area contributed by atoms with Crippen molar-refractivity contribution in [3.05, 3.63) is 66.1 Å². The van der Waals surface area contributed by atoms with E-state index in [0.29, 0.717) is 5.16 Å². The third-order valence-electron chi connectivity index (χ3n) is 4.80. The summed E-state index contributed by atoms with van der Waals surface area (Å²) < 4.78 is 18.4. The molecule has 156 valence electrons. The van der Waals surface area contributed by atoms with Crippen LogP contribution in [0, 0.1) is 5.82 Å². The zero-order valence-electron chi connectivity index (χ0n) is 16.4. The summed E-state index contributed by atoms with van der Waals surface area (Å²) in [7, 11) is 0. The first-order chi connectivity index (χ1) is 14.7. The van der Waals surface area contributed by atoms with E-state index >= 15 is 0 Å². The molecule has 1 aromatic heterocycles. The van der Waals surface area contributed by atoms with Gasteiger partial charge in [-0.25, -0.2) is 9.37 Å². The Labute approximate surface area is 178 Å². The number of anilines is 1. The van der Waals surface area contributed by atoms with Crippen LogP contribution < -0.4 is 5.32 Å². The minimum Gasteiger partial charge on any atom is -0.379 e. The highest BCUT2D eigenvalue weighted by atomic mass is 32.2. The van der Waals surface area contributed by atoms with E-state index < -0.39 is 0 Å². The number of nitrogens with one attached hydrogen (secondary N) is 2. The van der Waals surface area contributed by atoms with Crippen LogP contribution in [0.2, 0.25) is 0 Å². The summed E-state index contributed by atoms with van der Waals surface area (Å²) in [5.41, 5.74) is 3.62. The normalized spacial score (nSPS) is 14.6. The number of nitrogens with zero attached hydrogens (tertiary/aromatic N) is 2. The molecular weight excluding hydrogens is 403 g/mol. The fourth-order valence-corrected chi connectivity index (χ4v) is 3.84. The number of amides is 1. The maximum absolute atomic E-state index is 13.0. The van der Waals surface area contributed by atoms with Gasteiger partial charge in [0.1, 0.15) is 5.82 Å². The van der Waals surface area contributed by atoms with E-state index in [-0.39, 0.29) is 17.5 Å². The van der Waals surface area contributed by atoms with E-state index in [2.05, 4.69) is 20.2 Å². The number of thioether (sulfide) groups is 1. The number of ether oxygens (including phenoxy) is 1. The van der Waals surface area contributed by atoms with Crippen LogP contribution in [0.25, 0.3) is 11.3 Å². The second kappa shape index (κ2) is 9.88. The van der Waals surface area contributed by atoms with Crippen LogP contribution in [0.1, 0.15) is 5.56 Å². The lowest BCUT2D eigenvalue weighted by molar-refractivity contribution is -0.113. The van der Waals surface area contributed by atoms with Gasteiger partial charge < -0.3 is 15.0 Å². The summed E-state index contributed by atoms with van der Waals surface area (Å²) >= 11 is 1.32. The maximum atomic E-state index is 13.0. The van der Waals surface area contributed by atoms with Gasteiger partial charge in [-0.3, -0.25) is 9.69 Å². The first-order valence-electron chi connectivity index (χ1n) is 9.78. The Morgan fingerprint density at radius 3 is 2.60 bits per heavy atom. The van der Waals surface area contributed by atoms with E-state index in [4.69, 9.17) is 4.74 Å². The lowest BCUT2D eigenvalue weighted by Crippen LogP contribution is -2.35. The summed E-state index contributed by atoms with van der Waals surface area (Å²) in [4.78, 5) is 22.1. The lowest BCUT2D eigenvalue weighted by Gasteiger charge is -2.26. The molecule has 0 radical (unpaired) electrons. The molecule has 1 saturated heterocycles. The topological polar surface area (TPSA) is 70.2 Å². The van der Waals surface area contributed by atoms with Crippen LogP contribution in [-0.2, 0) is 16.1 Å². The highest BCUT2D eigenvalue weighted by Gasteiger charge is 2.11. The lowest BCUT2D eigenvalue weighted by atomic mass is 10.2. The Hall–Kier alpha value is -2.68. The number of aromatic nitrogens is 2. The number of rotatable bonds is 7. The Morgan fingerprint density at radius 2 is 1.87 bits per heavy atom. The molecule has 0 saturated carbocycles. The summed E-state index contributed by atoms with van der Waals surface area (Å²) in [5.74, 6) is -0.134. The number of benzene rings is 2. The van der Waals surface area contributed by atoms with Gasteiger partial charge in [-0.1, -0.05) is 23.9 Å². The van der Waals surface area contributed by atoms with Crippen molar-refractivity contribution in [3.63, 3.8) is 0 Å². The van der Waals surface area contributed by atoms with Crippen LogP contribution in [0.15, 0.2) is 59.9 Å². The second-order valence-corrected chi connectivity index (χ2v) is 8.00. The second-order valence-electron chi connectivity index (χ2n) is 7.03. The predicted molar refractivity (Wildman–Crippen MR) is 116 cm³/mol. The van der Waals surface area contributed by atoms with Crippen LogP contribution in [0.5, 0.6) is 0 Å². The molecule has 0 spiro atoms. The minimum atomic E-state index is -0.279. The van der Waals surface area contributed by atoms with Crippen molar-refractivity contribution >= 4 is 23.4 Å². The fraction of sp³-hybridized carbons (Fsp3) is 0.273. The summed E-state index contributed by atoms with van der Waals surface area (Å²) in [5, 5.41) is 3.55. The molecule has 1 amide bonds. The summed E-state index contributed by atoms with van der Waals surface area (Å²) in [6.07, 6.45) is 1.68. The number of hydrogen-bond donors (Lipinski definition) is 2. The zero-order chi connectivity index (χ0) is 20.8. The Kier molecular flexibility index (Phi) is 6.78. The van der Waals surface area contributed by atoms with Gasteiger partial charge in [0.2, 0.25) is 5.91 Å². The predicted octanol–water partition coefficient (Wildman–Crippen LogP) is 3.78. The first-order valence-corrected chi connectivity index (χ1v) is 10.8. The zero-order valence-corrected chi connectivity index (χ0v) is 17.3. The average Bonchev–Trinajstić information content (AvgIpc) is 3.24. The molecule has 2 N–H and O–H groups in total. The van der Waals surface area contributed by atoms with Gasteiger partial charge in [0, 0.05) is 25.3 Å². The van der Waals surface area contributed by atoms with E-state index in [1.165, 1.54) is 29.5 Å². The molecule has 2 heterocycles. The highest BCUT2D eigenvalue weighted by molar-refractivity contribution is 7.99. The molecule has 4 rings (SSSR count). The van der Waals surface area contributed by atoms with Crippen molar-refractivity contribution in [2.45, 2.75) is 11.7 Å². The summed E-state index contributed by atoms with van der Waals surface area (Å²) in [6, 6.07) is 14.1. The molecule has 6 nitrogen and oxygen atoms in total. The van der Waals surface area contributed by atoms with Crippen molar-refractivity contribution in [2.24, 2.45) is 0 Å². The van der Waals surface area contributed by atoms with Gasteiger partial charge in [-0.05, 0) is 47.5 Å². The number of carbonyl (C=O) groups excluding carboxylic acids is 1. The van der Waals surface area contributed by atoms with E-state index in [9.17, 15) is 9.18 Å². The number of aromatic amines is 1. The highest BCUT2D eigenvalue weighted by Crippen LogP contribution is 2.22. The maximum Gasteiger partial charge on any atom is 0.234 e. The number of H-pyrrole nitrogens is 1. The van der Waals surface area contributed by atoms with Gasteiger partial charge in [0.05, 0.1) is 30.9 Å². The van der Waals surface area contributed by atoms with Gasteiger partial charge >= 0.3 is 0 Å². The molecule has 1 fully saturated rings. The minimum absolute atomic E-state index is 0.0966. The third kappa shape index (κ3) is 5.69. The smallest absolute Gasteiger partial charge is 0.234 e. The van der Waals surface area contributed by atoms with E-state index in [0.717, 1.165) is 49.8 Å². The average molecular weight is 427 g/mol. The van der Waals surface area contributed by atoms with Crippen molar-refractivity contribution in [1.82, 2.24) is 14.9 Å². The van der Waals surface area contributed by atoms with Gasteiger partial charge in [-0.15, -0.1) is 0 Å². The number of morpholine rings is 1. The molecule has 1 aliphatic heterocycles. The molecule has 0 aliphatic carbocycles. The number of halogens is 1. The number of imidazole rings is 1. The quantitative estimate of drug-likeness (QED) is 0.563. The van der Waals surface area contributed by atoms with Crippen molar-refractivity contribution in [2.75, 3.05) is 37.4 Å². The fourth-order valence-electron chi connectivity index (χ4n) is 3.19. The number of carbonyl (C=O) groups is 1. The van der Waals surface area contributed by atoms with Crippen LogP contribution in [0.4, 0.5) is 10.1 Å². The van der Waals surface area contributed by atoms with Crippen molar-refractivity contribution in [1.29, 1.82) is 0 Å². The third-order valence-corrected chi connectivity index (χ3v) is 5.68. The molecule has 0 unspecified atom stereocenters. The van der Waals surface area contributed by atoms with Gasteiger partial charge in [-0.2, -0.15) is 0 Å². The van der Waals surface area contributed by atoms with E-state index in [1.54, 1.807) is 18.3 Å². The Morgan fingerprint density at radius 1 is 1.13 bits per heavy atom. The first kappa shape index (κ1) is 20.6. The standard InChI is InChI=1S/C22H23FN4O2S/c23-18-5-3-17(4-6-18)20-13-24-22(26-20)30-15-21(28)25-19-7-1-16(2-8-19)14-27-9-11-29-12-10-27/h1-8,13H,9-12,14-15H2,(H,24,26)(H,25,28). The van der Waals surface area contributed by atoms with Crippen LogP contribution in [-0.4, -0.2) is 52.8 Å². The molecule has 1 aliphatic rings. The van der Waals surface area contributed by atoms with Gasteiger partial charge in [0.25, 0.3) is 0 Å². The van der Waals surface area contributed by atoms with Crippen LogP contribution in [0.3, 0.4) is 0 Å².